The van der Waals surface area contributed by atoms with E-state index in [-0.39, 0.29) is 6.03 Å². The monoisotopic (exact) mass is 206 g/mol. The van der Waals surface area contributed by atoms with Crippen molar-refractivity contribution >= 4 is 6.03 Å². The van der Waals surface area contributed by atoms with Crippen LogP contribution in [0.1, 0.15) is 18.1 Å². The van der Waals surface area contributed by atoms with Crippen LogP contribution in [0.15, 0.2) is 24.3 Å². The maximum absolute atomic E-state index is 11.4. The van der Waals surface area contributed by atoms with Crippen molar-refractivity contribution in [1.82, 2.24) is 10.2 Å². The van der Waals surface area contributed by atoms with Crippen LogP contribution in [-0.4, -0.2) is 24.5 Å². The molecule has 2 amide bonds. The molecule has 82 valence electrons. The van der Waals surface area contributed by atoms with Crippen LogP contribution in [0, 0.1) is 6.92 Å². The molecule has 0 fully saturated rings. The maximum Gasteiger partial charge on any atom is 0.317 e. The van der Waals surface area contributed by atoms with Gasteiger partial charge in [-0.2, -0.15) is 0 Å². The molecule has 1 rings (SSSR count). The lowest BCUT2D eigenvalue weighted by Crippen LogP contribution is -2.36. The van der Waals surface area contributed by atoms with Gasteiger partial charge in [0.2, 0.25) is 0 Å². The molecule has 1 aromatic rings. The van der Waals surface area contributed by atoms with Crippen LogP contribution in [0.4, 0.5) is 4.79 Å². The number of aryl methyl sites for hydroxylation is 1. The fourth-order valence-corrected chi connectivity index (χ4v) is 1.16. The van der Waals surface area contributed by atoms with E-state index in [0.29, 0.717) is 6.54 Å². The van der Waals surface area contributed by atoms with Gasteiger partial charge in [0.25, 0.3) is 0 Å². The normalized spacial score (nSPS) is 9.80. The third-order valence-electron chi connectivity index (χ3n) is 2.39. The Morgan fingerprint density at radius 1 is 1.33 bits per heavy atom. The molecular formula is C12H18N2O. The van der Waals surface area contributed by atoms with E-state index < -0.39 is 0 Å². The molecule has 1 aromatic carbocycles. The Kier molecular flexibility index (Phi) is 4.16. The highest BCUT2D eigenvalue weighted by molar-refractivity contribution is 5.73. The zero-order valence-electron chi connectivity index (χ0n) is 9.58. The highest BCUT2D eigenvalue weighted by Gasteiger charge is 2.04. The summed E-state index contributed by atoms with van der Waals surface area (Å²) < 4.78 is 0. The van der Waals surface area contributed by atoms with Crippen LogP contribution in [-0.2, 0) is 6.54 Å². The van der Waals surface area contributed by atoms with Gasteiger partial charge in [-0.15, -0.1) is 0 Å². The van der Waals surface area contributed by atoms with Crippen LogP contribution in [0.2, 0.25) is 0 Å². The summed E-state index contributed by atoms with van der Waals surface area (Å²) in [7, 11) is 1.78. The summed E-state index contributed by atoms with van der Waals surface area (Å²) in [6.07, 6.45) is 0. The zero-order chi connectivity index (χ0) is 11.3. The van der Waals surface area contributed by atoms with E-state index >= 15 is 0 Å². The van der Waals surface area contributed by atoms with E-state index in [1.54, 1.807) is 11.9 Å². The predicted octanol–water partition coefficient (Wildman–Crippen LogP) is 2.16. The number of hydrogen-bond donors (Lipinski definition) is 1. The summed E-state index contributed by atoms with van der Waals surface area (Å²) in [5, 5.41) is 2.86. The summed E-state index contributed by atoms with van der Waals surface area (Å²) in [4.78, 5) is 13.1. The SMILES string of the molecule is CCN(C)C(=O)NCc1ccc(C)cc1. The van der Waals surface area contributed by atoms with E-state index in [2.05, 4.69) is 5.32 Å². The fourth-order valence-electron chi connectivity index (χ4n) is 1.16. The van der Waals surface area contributed by atoms with Crippen molar-refractivity contribution in [2.45, 2.75) is 20.4 Å². The van der Waals surface area contributed by atoms with Gasteiger partial charge in [0.05, 0.1) is 0 Å². The van der Waals surface area contributed by atoms with Crippen molar-refractivity contribution in [2.75, 3.05) is 13.6 Å². The molecule has 0 heterocycles. The zero-order valence-corrected chi connectivity index (χ0v) is 9.58. The highest BCUT2D eigenvalue weighted by Crippen LogP contribution is 2.02. The fraction of sp³-hybridized carbons (Fsp3) is 0.417. The van der Waals surface area contributed by atoms with E-state index in [4.69, 9.17) is 0 Å². The number of nitrogens with one attached hydrogen (secondary N) is 1. The van der Waals surface area contributed by atoms with Gasteiger partial charge in [-0.25, -0.2) is 4.79 Å². The standard InChI is InChI=1S/C12H18N2O/c1-4-14(3)12(15)13-9-11-7-5-10(2)6-8-11/h5-8H,4,9H2,1-3H3,(H,13,15). The molecule has 0 radical (unpaired) electrons. The van der Waals surface area contributed by atoms with Gasteiger partial charge in [0, 0.05) is 20.1 Å². The molecule has 3 nitrogen and oxygen atoms in total. The Balaban J connectivity index is 2.43. The number of benzene rings is 1. The second kappa shape index (κ2) is 5.39. The van der Waals surface area contributed by atoms with Crippen molar-refractivity contribution < 1.29 is 4.79 Å². The third-order valence-corrected chi connectivity index (χ3v) is 2.39. The van der Waals surface area contributed by atoms with Crippen molar-refractivity contribution in [1.29, 1.82) is 0 Å². The molecule has 15 heavy (non-hydrogen) atoms. The predicted molar refractivity (Wildman–Crippen MR) is 61.7 cm³/mol. The molecule has 0 saturated heterocycles. The third kappa shape index (κ3) is 3.62. The number of carbonyl (C=O) groups excluding carboxylic acids is 1. The molecule has 0 bridgehead atoms. The molecule has 0 aliphatic carbocycles. The second-order valence-electron chi connectivity index (χ2n) is 3.66. The van der Waals surface area contributed by atoms with E-state index in [1.807, 2.05) is 38.1 Å². The molecular weight excluding hydrogens is 188 g/mol. The molecule has 0 spiro atoms. The molecule has 0 aliphatic rings. The molecule has 0 saturated carbocycles. The Labute approximate surface area is 91.1 Å². The van der Waals surface area contributed by atoms with Gasteiger partial charge in [-0.1, -0.05) is 29.8 Å². The van der Waals surface area contributed by atoms with Crippen molar-refractivity contribution in [3.8, 4) is 0 Å². The summed E-state index contributed by atoms with van der Waals surface area (Å²) in [6.45, 7) is 5.31. The number of nitrogens with zero attached hydrogens (tertiary/aromatic N) is 1. The van der Waals surface area contributed by atoms with Gasteiger partial charge < -0.3 is 10.2 Å². The Hall–Kier alpha value is -1.51. The minimum atomic E-state index is -0.0296. The Morgan fingerprint density at radius 3 is 2.47 bits per heavy atom. The quantitative estimate of drug-likeness (QED) is 0.807. The minimum Gasteiger partial charge on any atom is -0.334 e. The van der Waals surface area contributed by atoms with E-state index in [9.17, 15) is 4.79 Å². The topological polar surface area (TPSA) is 32.3 Å². The number of hydrogen-bond acceptors (Lipinski definition) is 1. The molecule has 0 atom stereocenters. The molecule has 0 aliphatic heterocycles. The smallest absolute Gasteiger partial charge is 0.317 e. The lowest BCUT2D eigenvalue weighted by molar-refractivity contribution is 0.210. The first kappa shape index (κ1) is 11.6. The first-order valence-corrected chi connectivity index (χ1v) is 5.18. The van der Waals surface area contributed by atoms with E-state index in [0.717, 1.165) is 12.1 Å². The van der Waals surface area contributed by atoms with Crippen molar-refractivity contribution in [3.63, 3.8) is 0 Å². The van der Waals surface area contributed by atoms with Crippen molar-refractivity contribution in [3.05, 3.63) is 35.4 Å². The summed E-state index contributed by atoms with van der Waals surface area (Å²) in [5.41, 5.74) is 2.36. The molecule has 0 aromatic heterocycles. The van der Waals surface area contributed by atoms with Gasteiger partial charge in [-0.05, 0) is 19.4 Å². The Bertz CT molecular complexity index is 319. The van der Waals surface area contributed by atoms with Crippen LogP contribution in [0.5, 0.6) is 0 Å². The summed E-state index contributed by atoms with van der Waals surface area (Å²) >= 11 is 0. The lowest BCUT2D eigenvalue weighted by atomic mass is 10.1. The van der Waals surface area contributed by atoms with Gasteiger partial charge in [-0.3, -0.25) is 0 Å². The first-order valence-electron chi connectivity index (χ1n) is 5.18. The number of amides is 2. The van der Waals surface area contributed by atoms with Gasteiger partial charge in [0.15, 0.2) is 0 Å². The highest BCUT2D eigenvalue weighted by atomic mass is 16.2. The van der Waals surface area contributed by atoms with Crippen LogP contribution >= 0.6 is 0 Å². The van der Waals surface area contributed by atoms with E-state index in [1.165, 1.54) is 5.56 Å². The van der Waals surface area contributed by atoms with Crippen LogP contribution in [0.25, 0.3) is 0 Å². The number of carbonyl (C=O) groups is 1. The molecule has 3 heteroatoms. The first-order chi connectivity index (χ1) is 7.13. The van der Waals surface area contributed by atoms with Gasteiger partial charge in [0.1, 0.15) is 0 Å². The van der Waals surface area contributed by atoms with Crippen LogP contribution in [0.3, 0.4) is 0 Å². The summed E-state index contributed by atoms with van der Waals surface area (Å²) in [6, 6.07) is 8.12. The average molecular weight is 206 g/mol. The molecule has 0 unspecified atom stereocenters. The molecule has 1 N–H and O–H groups in total. The summed E-state index contributed by atoms with van der Waals surface area (Å²) in [5.74, 6) is 0. The van der Waals surface area contributed by atoms with Crippen molar-refractivity contribution in [2.24, 2.45) is 0 Å². The lowest BCUT2D eigenvalue weighted by Gasteiger charge is -2.15. The van der Waals surface area contributed by atoms with Crippen LogP contribution < -0.4 is 5.32 Å². The van der Waals surface area contributed by atoms with Gasteiger partial charge >= 0.3 is 6.03 Å². The Morgan fingerprint density at radius 2 is 1.93 bits per heavy atom. The largest absolute Gasteiger partial charge is 0.334 e. The minimum absolute atomic E-state index is 0.0296. The average Bonchev–Trinajstić information content (AvgIpc) is 2.26. The second-order valence-corrected chi connectivity index (χ2v) is 3.66. The number of urea groups is 1. The maximum atomic E-state index is 11.4. The number of rotatable bonds is 3.